The Labute approximate surface area is 314 Å². The van der Waals surface area contributed by atoms with Gasteiger partial charge in [-0.2, -0.15) is 0 Å². The van der Waals surface area contributed by atoms with Gasteiger partial charge in [-0.15, -0.1) is 22.7 Å². The molecule has 250 valence electrons. The Balaban J connectivity index is 1.30. The maximum atomic E-state index is 10.4. The summed E-state index contributed by atoms with van der Waals surface area (Å²) in [5.41, 5.74) is 9.12. The van der Waals surface area contributed by atoms with Crippen molar-refractivity contribution in [2.75, 3.05) is 0 Å². The van der Waals surface area contributed by atoms with Gasteiger partial charge in [0, 0.05) is 19.2 Å². The van der Waals surface area contributed by atoms with Gasteiger partial charge in [0.1, 0.15) is 11.5 Å². The predicted molar refractivity (Wildman–Crippen MR) is 224 cm³/mol. The van der Waals surface area contributed by atoms with Crippen LogP contribution in [0.15, 0.2) is 170 Å². The van der Waals surface area contributed by atoms with Crippen LogP contribution in [0.4, 0.5) is 0 Å². The molecular weight excluding hydrogens is 685 g/mol. The summed E-state index contributed by atoms with van der Waals surface area (Å²) < 4.78 is 2.55. The van der Waals surface area contributed by atoms with Crippen molar-refractivity contribution in [3.05, 3.63) is 192 Å². The van der Waals surface area contributed by atoms with E-state index < -0.39 is 5.41 Å². The largest absolute Gasteiger partial charge is 0.508 e. The summed E-state index contributed by atoms with van der Waals surface area (Å²) in [7, 11) is 0. The van der Waals surface area contributed by atoms with Crippen LogP contribution in [0.2, 0.25) is 0 Å². The molecule has 0 radical (unpaired) electrons. The van der Waals surface area contributed by atoms with Crippen molar-refractivity contribution in [2.24, 2.45) is 0 Å². The maximum Gasteiger partial charge on any atom is 0.116 e. The lowest BCUT2D eigenvalue weighted by atomic mass is 9.67. The number of hydrogen-bond donors (Lipinski definition) is 2. The molecular formula is C49H30O2S2. The molecule has 2 nitrogen and oxygen atoms in total. The molecule has 11 rings (SSSR count). The third kappa shape index (κ3) is 4.50. The lowest BCUT2D eigenvalue weighted by Crippen LogP contribution is -2.28. The van der Waals surface area contributed by atoms with Gasteiger partial charge in [-0.3, -0.25) is 0 Å². The van der Waals surface area contributed by atoms with Crippen molar-refractivity contribution in [1.82, 2.24) is 0 Å². The van der Waals surface area contributed by atoms with E-state index in [9.17, 15) is 10.2 Å². The molecule has 0 unspecified atom stereocenters. The number of rotatable bonds is 4. The van der Waals surface area contributed by atoms with Crippen LogP contribution in [0.5, 0.6) is 11.5 Å². The molecule has 0 fully saturated rings. The second-order valence-corrected chi connectivity index (χ2v) is 16.2. The third-order valence-electron chi connectivity index (χ3n) is 11.1. The molecule has 2 aromatic heterocycles. The molecule has 1 aliphatic carbocycles. The minimum atomic E-state index is -0.678. The van der Waals surface area contributed by atoms with Crippen LogP contribution in [0.1, 0.15) is 22.3 Å². The Morgan fingerprint density at radius 3 is 1.26 bits per heavy atom. The van der Waals surface area contributed by atoms with Gasteiger partial charge in [0.25, 0.3) is 0 Å². The summed E-state index contributed by atoms with van der Waals surface area (Å²) in [5.74, 6) is 0.519. The first-order chi connectivity index (χ1) is 26.0. The second-order valence-electron chi connectivity index (χ2n) is 14.0. The normalized spacial score (nSPS) is 13.2. The van der Waals surface area contributed by atoms with E-state index in [2.05, 4.69) is 133 Å². The first-order valence-electron chi connectivity index (χ1n) is 17.8. The van der Waals surface area contributed by atoms with Crippen molar-refractivity contribution in [3.8, 4) is 43.5 Å². The average molecular weight is 715 g/mol. The number of benzene rings is 8. The first kappa shape index (κ1) is 30.4. The Kier molecular flexibility index (Phi) is 6.54. The highest BCUT2D eigenvalue weighted by molar-refractivity contribution is 7.22. The highest BCUT2D eigenvalue weighted by Crippen LogP contribution is 2.61. The lowest BCUT2D eigenvalue weighted by molar-refractivity contribution is 0.475. The molecule has 0 saturated carbocycles. The standard InChI is InChI=1S/C49H30O2S2/c50-37-21-17-29-23-35(19-15-31(29)25-37)49(36-20-16-32-26-38(51)22-18-30(32)24-36)41-11-5-9-39(45-27-33-7-1-3-13-43(33)52-45)47(41)48-40(10-6-12-42(48)49)46-28-34-8-2-4-14-44(34)53-46/h1-28,50-51H. The number of phenolic OH excluding ortho intramolecular Hbond substituents is 2. The molecule has 10 aromatic rings. The predicted octanol–water partition coefficient (Wildman–Crippen LogP) is 13.5. The van der Waals surface area contributed by atoms with Gasteiger partial charge in [-0.25, -0.2) is 0 Å². The Bertz CT molecular complexity index is 2830. The SMILES string of the molecule is Oc1ccc2cc(C3(c4ccc5cc(O)ccc5c4)c4cccc(-c5cc6ccccc6s5)c4-c4c(-c5cc6ccccc6s5)cccc43)ccc2c1. The molecule has 0 aliphatic heterocycles. The van der Waals surface area contributed by atoms with E-state index in [1.165, 1.54) is 63.3 Å². The fourth-order valence-corrected chi connectivity index (χ4v) is 11.0. The summed E-state index contributed by atoms with van der Waals surface area (Å²) in [6.07, 6.45) is 0. The van der Waals surface area contributed by atoms with E-state index in [1.807, 2.05) is 46.9 Å². The van der Waals surface area contributed by atoms with Crippen LogP contribution in [0.3, 0.4) is 0 Å². The molecule has 0 atom stereocenters. The van der Waals surface area contributed by atoms with Crippen LogP contribution < -0.4 is 0 Å². The van der Waals surface area contributed by atoms with Crippen LogP contribution in [0, 0.1) is 0 Å². The zero-order valence-corrected chi connectivity index (χ0v) is 30.0. The van der Waals surface area contributed by atoms with Gasteiger partial charge >= 0.3 is 0 Å². The number of aromatic hydroxyl groups is 2. The topological polar surface area (TPSA) is 40.5 Å². The van der Waals surface area contributed by atoms with Gasteiger partial charge in [-0.1, -0.05) is 109 Å². The fraction of sp³-hybridized carbons (Fsp3) is 0.0204. The third-order valence-corrected chi connectivity index (χ3v) is 13.4. The number of hydrogen-bond acceptors (Lipinski definition) is 4. The van der Waals surface area contributed by atoms with E-state index in [1.54, 1.807) is 12.1 Å². The van der Waals surface area contributed by atoms with E-state index >= 15 is 0 Å². The van der Waals surface area contributed by atoms with Gasteiger partial charge in [0.2, 0.25) is 0 Å². The second kappa shape index (κ2) is 11.4. The van der Waals surface area contributed by atoms with Gasteiger partial charge in [0.05, 0.1) is 5.41 Å². The van der Waals surface area contributed by atoms with Gasteiger partial charge in [0.15, 0.2) is 0 Å². The Morgan fingerprint density at radius 2 is 0.792 bits per heavy atom. The highest BCUT2D eigenvalue weighted by atomic mass is 32.1. The maximum absolute atomic E-state index is 10.4. The Morgan fingerprint density at radius 1 is 0.358 bits per heavy atom. The van der Waals surface area contributed by atoms with Crippen molar-refractivity contribution >= 4 is 64.4 Å². The van der Waals surface area contributed by atoms with Crippen LogP contribution in [-0.4, -0.2) is 10.2 Å². The highest BCUT2D eigenvalue weighted by Gasteiger charge is 2.48. The van der Waals surface area contributed by atoms with E-state index in [0.29, 0.717) is 0 Å². The molecule has 53 heavy (non-hydrogen) atoms. The van der Waals surface area contributed by atoms with E-state index in [4.69, 9.17) is 0 Å². The molecule has 1 aliphatic rings. The van der Waals surface area contributed by atoms with Crippen LogP contribution >= 0.6 is 22.7 Å². The minimum absolute atomic E-state index is 0.259. The smallest absolute Gasteiger partial charge is 0.116 e. The van der Waals surface area contributed by atoms with Crippen molar-refractivity contribution < 1.29 is 10.2 Å². The molecule has 0 bridgehead atoms. The van der Waals surface area contributed by atoms with Crippen molar-refractivity contribution in [3.63, 3.8) is 0 Å². The Hall–Kier alpha value is -6.20. The monoisotopic (exact) mass is 714 g/mol. The molecule has 4 heteroatoms. The fourth-order valence-electron chi connectivity index (χ4n) is 8.77. The van der Waals surface area contributed by atoms with Gasteiger partial charge in [-0.05, 0) is 137 Å². The van der Waals surface area contributed by atoms with E-state index in [-0.39, 0.29) is 11.5 Å². The number of fused-ring (bicyclic) bond motifs is 7. The lowest BCUT2D eigenvalue weighted by Gasteiger charge is -2.34. The van der Waals surface area contributed by atoms with Crippen molar-refractivity contribution in [1.29, 1.82) is 0 Å². The molecule has 2 N–H and O–H groups in total. The molecule has 0 saturated heterocycles. The quantitative estimate of drug-likeness (QED) is 0.191. The van der Waals surface area contributed by atoms with Crippen molar-refractivity contribution in [2.45, 2.75) is 5.41 Å². The minimum Gasteiger partial charge on any atom is -0.508 e. The number of thiophene rings is 2. The summed E-state index contributed by atoms with van der Waals surface area (Å²) in [6.45, 7) is 0. The van der Waals surface area contributed by atoms with Crippen LogP contribution in [-0.2, 0) is 5.41 Å². The van der Waals surface area contributed by atoms with Gasteiger partial charge < -0.3 is 10.2 Å². The summed E-state index contributed by atoms with van der Waals surface area (Å²) in [4.78, 5) is 2.50. The number of phenols is 2. The molecule has 2 heterocycles. The first-order valence-corrected chi connectivity index (χ1v) is 19.4. The zero-order valence-electron chi connectivity index (χ0n) is 28.4. The summed E-state index contributed by atoms with van der Waals surface area (Å²) in [6, 6.07) is 60.4. The molecule has 8 aromatic carbocycles. The molecule has 0 spiro atoms. The zero-order chi connectivity index (χ0) is 35.3. The van der Waals surface area contributed by atoms with Crippen LogP contribution in [0.25, 0.3) is 73.7 Å². The summed E-state index contributed by atoms with van der Waals surface area (Å²) >= 11 is 3.70. The van der Waals surface area contributed by atoms with E-state index in [0.717, 1.165) is 32.7 Å². The average Bonchev–Trinajstić information content (AvgIpc) is 3.90. The molecule has 0 amide bonds. The summed E-state index contributed by atoms with van der Waals surface area (Å²) in [5, 5.41) is 27.4.